The van der Waals surface area contributed by atoms with E-state index < -0.39 is 0 Å². The number of ether oxygens (including phenoxy) is 1. The Morgan fingerprint density at radius 1 is 1.06 bits per heavy atom. The Morgan fingerprint density at radius 3 is 2.51 bits per heavy atom. The fraction of sp³-hybridized carbons (Fsp3) is 0.433. The predicted molar refractivity (Wildman–Crippen MR) is 145 cm³/mol. The molecule has 0 spiro atoms. The molecule has 1 N–H and O–H groups in total. The van der Waals surface area contributed by atoms with E-state index in [4.69, 9.17) is 4.74 Å². The van der Waals surface area contributed by atoms with Gasteiger partial charge >= 0.3 is 0 Å². The van der Waals surface area contributed by atoms with Gasteiger partial charge in [-0.25, -0.2) is 0 Å². The summed E-state index contributed by atoms with van der Waals surface area (Å²) in [5.74, 6) is 1.64. The Hall–Kier alpha value is -2.63. The Kier molecular flexibility index (Phi) is 7.54. The van der Waals surface area contributed by atoms with E-state index in [0.29, 0.717) is 5.92 Å². The number of likely N-dealkylation sites (tertiary alicyclic amines) is 1. The van der Waals surface area contributed by atoms with Crippen molar-refractivity contribution >= 4 is 22.2 Å². The monoisotopic (exact) mass is 488 g/mol. The van der Waals surface area contributed by atoms with Crippen LogP contribution >= 0.6 is 11.3 Å². The number of aryl methyl sites for hydroxylation is 1. The standard InChI is InChI=1S/C30H36N2O2S/c1-21(33)31-30-28(25-13-7-9-15-27(25)35-30)29(24-12-6-8-14-26(24)34-2)32-18-16-23(17-19-32)20-22-10-4-3-5-11-22/h3-6,8,10-12,14,23,29H,7,9,13,15-20H2,1-2H3,(H,31,33). The normalized spacial score (nSPS) is 17.5. The van der Waals surface area contributed by atoms with Gasteiger partial charge in [0.05, 0.1) is 13.2 Å². The van der Waals surface area contributed by atoms with Gasteiger partial charge in [-0.3, -0.25) is 9.69 Å². The van der Waals surface area contributed by atoms with Crippen LogP contribution in [0.1, 0.15) is 65.8 Å². The third-order valence-electron chi connectivity index (χ3n) is 7.59. The van der Waals surface area contributed by atoms with Crippen molar-refractivity contribution < 1.29 is 9.53 Å². The maximum absolute atomic E-state index is 12.2. The first-order chi connectivity index (χ1) is 17.1. The third-order valence-corrected chi connectivity index (χ3v) is 8.81. The van der Waals surface area contributed by atoms with Crippen molar-refractivity contribution in [2.24, 2.45) is 5.92 Å². The molecular weight excluding hydrogens is 452 g/mol. The van der Waals surface area contributed by atoms with E-state index in [9.17, 15) is 4.79 Å². The molecule has 2 aliphatic rings. The molecule has 1 amide bonds. The number of para-hydroxylation sites is 1. The molecule has 0 saturated carbocycles. The Labute approximate surface area is 213 Å². The summed E-state index contributed by atoms with van der Waals surface area (Å²) in [6, 6.07) is 19.4. The molecule has 3 aromatic rings. The van der Waals surface area contributed by atoms with E-state index in [1.165, 1.54) is 52.8 Å². The van der Waals surface area contributed by atoms with Crippen LogP contribution in [0.3, 0.4) is 0 Å². The van der Waals surface area contributed by atoms with Crippen LogP contribution in [0.5, 0.6) is 5.75 Å². The summed E-state index contributed by atoms with van der Waals surface area (Å²) in [7, 11) is 1.76. The van der Waals surface area contributed by atoms with Crippen molar-refractivity contribution in [1.29, 1.82) is 0 Å². The summed E-state index contributed by atoms with van der Waals surface area (Å²) in [5, 5.41) is 4.24. The molecule has 1 fully saturated rings. The van der Waals surface area contributed by atoms with Gasteiger partial charge in [0.15, 0.2) is 0 Å². The number of methoxy groups -OCH3 is 1. The van der Waals surface area contributed by atoms with Gasteiger partial charge in [0.2, 0.25) is 5.91 Å². The number of benzene rings is 2. The highest BCUT2D eigenvalue weighted by molar-refractivity contribution is 7.16. The zero-order valence-electron chi connectivity index (χ0n) is 20.9. The van der Waals surface area contributed by atoms with Gasteiger partial charge in [-0.1, -0.05) is 48.5 Å². The second kappa shape index (κ2) is 11.0. The summed E-state index contributed by atoms with van der Waals surface area (Å²) in [6.07, 6.45) is 8.18. The molecule has 2 aromatic carbocycles. The molecule has 2 heterocycles. The van der Waals surface area contributed by atoms with E-state index in [1.54, 1.807) is 25.4 Å². The number of amides is 1. The third kappa shape index (κ3) is 5.31. The Balaban J connectivity index is 1.50. The minimum absolute atomic E-state index is 0.00481. The van der Waals surface area contributed by atoms with Crippen LogP contribution in [-0.4, -0.2) is 31.0 Å². The quantitative estimate of drug-likeness (QED) is 0.405. The number of piperidine rings is 1. The van der Waals surface area contributed by atoms with Gasteiger partial charge in [0, 0.05) is 22.9 Å². The lowest BCUT2D eigenvalue weighted by Crippen LogP contribution is -2.38. The average molecular weight is 489 g/mol. The SMILES string of the molecule is COc1ccccc1C(c1c(NC(C)=O)sc2c1CCCC2)N1CCC(Cc2ccccc2)CC1. The molecule has 4 nitrogen and oxygen atoms in total. The maximum Gasteiger partial charge on any atom is 0.221 e. The first-order valence-corrected chi connectivity index (χ1v) is 13.8. The van der Waals surface area contributed by atoms with Crippen LogP contribution in [0.2, 0.25) is 0 Å². The zero-order chi connectivity index (χ0) is 24.2. The number of thiophene rings is 1. The van der Waals surface area contributed by atoms with Gasteiger partial charge < -0.3 is 10.1 Å². The smallest absolute Gasteiger partial charge is 0.221 e. The molecule has 0 bridgehead atoms. The van der Waals surface area contributed by atoms with Crippen LogP contribution in [0.4, 0.5) is 5.00 Å². The molecule has 1 unspecified atom stereocenters. The van der Waals surface area contributed by atoms with Gasteiger partial charge in [0.1, 0.15) is 10.8 Å². The van der Waals surface area contributed by atoms with Crippen LogP contribution in [-0.2, 0) is 24.1 Å². The van der Waals surface area contributed by atoms with Crippen LogP contribution in [0.15, 0.2) is 54.6 Å². The average Bonchev–Trinajstić information content (AvgIpc) is 3.23. The number of fused-ring (bicyclic) bond motifs is 1. The van der Waals surface area contributed by atoms with Crippen molar-refractivity contribution in [1.82, 2.24) is 4.90 Å². The molecular formula is C30H36N2O2S. The maximum atomic E-state index is 12.2. The highest BCUT2D eigenvalue weighted by atomic mass is 32.1. The van der Waals surface area contributed by atoms with E-state index in [2.05, 4.69) is 58.7 Å². The molecule has 0 radical (unpaired) electrons. The fourth-order valence-electron chi connectivity index (χ4n) is 5.92. The minimum atomic E-state index is 0.00481. The molecule has 35 heavy (non-hydrogen) atoms. The number of carbonyl (C=O) groups excluding carboxylic acids is 1. The number of nitrogens with one attached hydrogen (secondary N) is 1. The van der Waals surface area contributed by atoms with Crippen LogP contribution < -0.4 is 10.1 Å². The van der Waals surface area contributed by atoms with Gasteiger partial charge in [0.25, 0.3) is 0 Å². The van der Waals surface area contributed by atoms with Crippen molar-refractivity contribution in [2.45, 2.75) is 57.9 Å². The van der Waals surface area contributed by atoms with Crippen molar-refractivity contribution in [3.63, 3.8) is 0 Å². The summed E-state index contributed by atoms with van der Waals surface area (Å²) in [6.45, 7) is 3.71. The molecule has 5 heteroatoms. The molecule has 1 saturated heterocycles. The van der Waals surface area contributed by atoms with E-state index >= 15 is 0 Å². The highest BCUT2D eigenvalue weighted by Gasteiger charge is 2.35. The van der Waals surface area contributed by atoms with Gasteiger partial charge in [-0.2, -0.15) is 0 Å². The number of rotatable bonds is 7. The fourth-order valence-corrected chi connectivity index (χ4v) is 7.29. The first kappa shape index (κ1) is 24.1. The largest absolute Gasteiger partial charge is 0.496 e. The predicted octanol–water partition coefficient (Wildman–Crippen LogP) is 6.64. The summed E-state index contributed by atoms with van der Waals surface area (Å²) in [5.41, 5.74) is 5.42. The molecule has 1 aromatic heterocycles. The molecule has 184 valence electrons. The topological polar surface area (TPSA) is 41.6 Å². The second-order valence-electron chi connectivity index (χ2n) is 9.95. The number of hydrogen-bond donors (Lipinski definition) is 1. The van der Waals surface area contributed by atoms with E-state index in [0.717, 1.165) is 43.1 Å². The summed E-state index contributed by atoms with van der Waals surface area (Å²) < 4.78 is 5.87. The van der Waals surface area contributed by atoms with Crippen molar-refractivity contribution in [2.75, 3.05) is 25.5 Å². The molecule has 1 aliphatic heterocycles. The van der Waals surface area contributed by atoms with Crippen LogP contribution in [0, 0.1) is 5.92 Å². The van der Waals surface area contributed by atoms with Crippen molar-refractivity contribution in [3.8, 4) is 5.75 Å². The number of hydrogen-bond acceptors (Lipinski definition) is 4. The first-order valence-electron chi connectivity index (χ1n) is 13.0. The van der Waals surface area contributed by atoms with E-state index in [-0.39, 0.29) is 11.9 Å². The minimum Gasteiger partial charge on any atom is -0.496 e. The number of nitrogens with zero attached hydrogens (tertiary/aromatic N) is 1. The lowest BCUT2D eigenvalue weighted by molar-refractivity contribution is -0.114. The Morgan fingerprint density at radius 2 is 1.77 bits per heavy atom. The molecule has 1 atom stereocenters. The molecule has 1 aliphatic carbocycles. The van der Waals surface area contributed by atoms with Crippen LogP contribution in [0.25, 0.3) is 0 Å². The summed E-state index contributed by atoms with van der Waals surface area (Å²) in [4.78, 5) is 16.3. The lowest BCUT2D eigenvalue weighted by Gasteiger charge is -2.39. The zero-order valence-corrected chi connectivity index (χ0v) is 21.7. The van der Waals surface area contributed by atoms with Crippen molar-refractivity contribution in [3.05, 3.63) is 81.7 Å². The number of carbonyl (C=O) groups is 1. The Bertz CT molecular complexity index is 1150. The van der Waals surface area contributed by atoms with Gasteiger partial charge in [-0.05, 0) is 81.1 Å². The lowest BCUT2D eigenvalue weighted by atomic mass is 9.85. The second-order valence-corrected chi connectivity index (χ2v) is 11.1. The summed E-state index contributed by atoms with van der Waals surface area (Å²) >= 11 is 1.79. The van der Waals surface area contributed by atoms with Gasteiger partial charge in [-0.15, -0.1) is 11.3 Å². The number of anilines is 1. The molecule has 5 rings (SSSR count). The van der Waals surface area contributed by atoms with E-state index in [1.807, 2.05) is 6.07 Å². The highest BCUT2D eigenvalue weighted by Crippen LogP contribution is 2.47.